The van der Waals surface area contributed by atoms with Gasteiger partial charge in [0.1, 0.15) is 16.3 Å². The summed E-state index contributed by atoms with van der Waals surface area (Å²) in [6.45, 7) is 3.80. The highest BCUT2D eigenvalue weighted by molar-refractivity contribution is 7.89. The number of hydrogen-bond acceptors (Lipinski definition) is 7. The highest BCUT2D eigenvalue weighted by Gasteiger charge is 2.37. The third-order valence-electron chi connectivity index (χ3n) is 5.39. The molecule has 8 nitrogen and oxygen atoms in total. The van der Waals surface area contributed by atoms with E-state index in [-0.39, 0.29) is 34.4 Å². The van der Waals surface area contributed by atoms with E-state index in [4.69, 9.17) is 4.74 Å². The molecule has 1 aliphatic rings. The standard InChI is InChI=1S/C23H23N3O5S2/c1-14(2)20(18-7-5-11-32-18)25-33(29,30)19-12-15(8-9-17(19)31-3)13-26-22(27)16-6-4-10-24-21(16)23(26)28/h4-12,14,20,25H,13H2,1-3H3/t20-/m1/s1. The van der Waals surface area contributed by atoms with Crippen LogP contribution in [0.15, 0.2) is 58.9 Å². The number of thiophene rings is 1. The summed E-state index contributed by atoms with van der Waals surface area (Å²) in [5.41, 5.74) is 0.811. The van der Waals surface area contributed by atoms with Crippen molar-refractivity contribution in [3.8, 4) is 5.75 Å². The first-order chi connectivity index (χ1) is 15.7. The van der Waals surface area contributed by atoms with Crippen LogP contribution in [0.2, 0.25) is 0 Å². The Hall–Kier alpha value is -3.08. The second-order valence-electron chi connectivity index (χ2n) is 7.94. The van der Waals surface area contributed by atoms with Gasteiger partial charge >= 0.3 is 0 Å². The average molecular weight is 486 g/mol. The van der Waals surface area contributed by atoms with Crippen molar-refractivity contribution in [2.24, 2.45) is 5.92 Å². The molecule has 172 valence electrons. The molecule has 10 heteroatoms. The van der Waals surface area contributed by atoms with Crippen LogP contribution in [0.1, 0.15) is 51.2 Å². The summed E-state index contributed by atoms with van der Waals surface area (Å²) >= 11 is 1.48. The molecule has 0 spiro atoms. The first-order valence-corrected chi connectivity index (χ1v) is 12.6. The van der Waals surface area contributed by atoms with Crippen molar-refractivity contribution in [1.29, 1.82) is 0 Å². The summed E-state index contributed by atoms with van der Waals surface area (Å²) in [7, 11) is -2.59. The van der Waals surface area contributed by atoms with Crippen molar-refractivity contribution in [2.45, 2.75) is 31.3 Å². The summed E-state index contributed by atoms with van der Waals surface area (Å²) in [5.74, 6) is -0.784. The zero-order valence-corrected chi connectivity index (χ0v) is 19.9. The fourth-order valence-corrected chi connectivity index (χ4v) is 6.30. The number of rotatable bonds is 8. The highest BCUT2D eigenvalue weighted by atomic mass is 32.2. The van der Waals surface area contributed by atoms with Crippen LogP contribution in [0.5, 0.6) is 5.75 Å². The Morgan fingerprint density at radius 1 is 1.12 bits per heavy atom. The van der Waals surface area contributed by atoms with E-state index in [9.17, 15) is 18.0 Å². The number of benzene rings is 1. The quantitative estimate of drug-likeness (QED) is 0.489. The molecule has 1 N–H and O–H groups in total. The molecule has 0 saturated heterocycles. The van der Waals surface area contributed by atoms with E-state index in [1.165, 1.54) is 36.8 Å². The number of amides is 2. The van der Waals surface area contributed by atoms with Gasteiger partial charge in [-0.1, -0.05) is 26.0 Å². The van der Waals surface area contributed by atoms with Gasteiger partial charge in [0.25, 0.3) is 11.8 Å². The maximum absolute atomic E-state index is 13.4. The van der Waals surface area contributed by atoms with Crippen molar-refractivity contribution >= 4 is 33.2 Å². The first-order valence-electron chi connectivity index (χ1n) is 10.3. The van der Waals surface area contributed by atoms with Crippen LogP contribution in [0, 0.1) is 5.92 Å². The van der Waals surface area contributed by atoms with Crippen molar-refractivity contribution in [2.75, 3.05) is 7.11 Å². The monoisotopic (exact) mass is 485 g/mol. The van der Waals surface area contributed by atoms with Crippen molar-refractivity contribution in [1.82, 2.24) is 14.6 Å². The van der Waals surface area contributed by atoms with Crippen LogP contribution in [0.25, 0.3) is 0 Å². The summed E-state index contributed by atoms with van der Waals surface area (Å²) < 4.78 is 34.8. The summed E-state index contributed by atoms with van der Waals surface area (Å²) in [5, 5.41) is 1.90. The highest BCUT2D eigenvalue weighted by Crippen LogP contribution is 2.32. The number of hydrogen-bond donors (Lipinski definition) is 1. The molecule has 4 rings (SSSR count). The number of carbonyl (C=O) groups excluding carboxylic acids is 2. The minimum Gasteiger partial charge on any atom is -0.495 e. The molecule has 1 atom stereocenters. The van der Waals surface area contributed by atoms with Gasteiger partial charge in [-0.3, -0.25) is 19.5 Å². The van der Waals surface area contributed by atoms with Crippen LogP contribution >= 0.6 is 11.3 Å². The van der Waals surface area contributed by atoms with Crippen LogP contribution < -0.4 is 9.46 Å². The van der Waals surface area contributed by atoms with Gasteiger partial charge in [0.15, 0.2) is 0 Å². The molecule has 3 heterocycles. The smallest absolute Gasteiger partial charge is 0.280 e. The Bertz CT molecular complexity index is 1270. The van der Waals surface area contributed by atoms with Crippen LogP contribution in [-0.4, -0.2) is 37.2 Å². The number of carbonyl (C=O) groups is 2. The number of imide groups is 1. The summed E-state index contributed by atoms with van der Waals surface area (Å²) in [6, 6.07) is 11.1. The number of fused-ring (bicyclic) bond motifs is 1. The topological polar surface area (TPSA) is 106 Å². The average Bonchev–Trinajstić information content (AvgIpc) is 3.41. The van der Waals surface area contributed by atoms with Gasteiger partial charge in [-0.2, -0.15) is 0 Å². The fourth-order valence-electron chi connectivity index (χ4n) is 3.69. The molecule has 0 radical (unpaired) electrons. The minimum absolute atomic E-state index is 0.0125. The number of aromatic nitrogens is 1. The van der Waals surface area contributed by atoms with Gasteiger partial charge in [-0.25, -0.2) is 13.1 Å². The lowest BCUT2D eigenvalue weighted by atomic mass is 10.0. The molecular formula is C23H23N3O5S2. The lowest BCUT2D eigenvalue weighted by Crippen LogP contribution is -2.32. The molecule has 1 aromatic carbocycles. The Labute approximate surface area is 196 Å². The molecule has 0 aliphatic carbocycles. The predicted octanol–water partition coefficient (Wildman–Crippen LogP) is 3.62. The molecule has 3 aromatic rings. The molecule has 0 unspecified atom stereocenters. The van der Waals surface area contributed by atoms with Crippen molar-refractivity contribution in [3.05, 3.63) is 75.7 Å². The van der Waals surface area contributed by atoms with E-state index < -0.39 is 27.9 Å². The molecule has 2 aromatic heterocycles. The minimum atomic E-state index is -3.98. The van der Waals surface area contributed by atoms with Gasteiger partial charge in [0, 0.05) is 11.1 Å². The Kier molecular flexibility index (Phi) is 6.33. The van der Waals surface area contributed by atoms with Gasteiger partial charge in [0.05, 0.1) is 25.3 Å². The molecule has 0 fully saturated rings. The number of nitrogens with zero attached hydrogens (tertiary/aromatic N) is 2. The number of nitrogens with one attached hydrogen (secondary N) is 1. The maximum atomic E-state index is 13.4. The zero-order chi connectivity index (χ0) is 23.8. The van der Waals surface area contributed by atoms with Crippen LogP contribution in [0.4, 0.5) is 0 Å². The zero-order valence-electron chi connectivity index (χ0n) is 18.3. The van der Waals surface area contributed by atoms with E-state index in [0.29, 0.717) is 5.56 Å². The fraction of sp³-hybridized carbons (Fsp3) is 0.261. The normalized spacial score (nSPS) is 14.6. The van der Waals surface area contributed by atoms with Gasteiger partial charge < -0.3 is 4.74 Å². The lowest BCUT2D eigenvalue weighted by Gasteiger charge is -2.22. The molecule has 2 amide bonds. The number of methoxy groups -OCH3 is 1. The molecule has 1 aliphatic heterocycles. The summed E-state index contributed by atoms with van der Waals surface area (Å²) in [6.07, 6.45) is 1.45. The van der Waals surface area contributed by atoms with E-state index in [0.717, 1.165) is 9.78 Å². The van der Waals surface area contributed by atoms with Crippen molar-refractivity contribution < 1.29 is 22.7 Å². The van der Waals surface area contributed by atoms with Gasteiger partial charge in [0.2, 0.25) is 10.0 Å². The maximum Gasteiger partial charge on any atom is 0.280 e. The van der Waals surface area contributed by atoms with E-state index in [2.05, 4.69) is 9.71 Å². The second kappa shape index (κ2) is 9.05. The van der Waals surface area contributed by atoms with Crippen LogP contribution in [0.3, 0.4) is 0 Å². The Morgan fingerprint density at radius 2 is 1.91 bits per heavy atom. The first kappa shape index (κ1) is 23.1. The SMILES string of the molecule is COc1ccc(CN2C(=O)c3cccnc3C2=O)cc1S(=O)(=O)N[C@@H](c1cccs1)C(C)C. The van der Waals surface area contributed by atoms with Gasteiger partial charge in [-0.15, -0.1) is 11.3 Å². The third kappa shape index (κ3) is 4.41. The van der Waals surface area contributed by atoms with E-state index in [1.807, 2.05) is 31.4 Å². The van der Waals surface area contributed by atoms with Crippen molar-refractivity contribution in [3.63, 3.8) is 0 Å². The molecule has 33 heavy (non-hydrogen) atoms. The predicted molar refractivity (Wildman–Crippen MR) is 124 cm³/mol. The van der Waals surface area contributed by atoms with E-state index >= 15 is 0 Å². The third-order valence-corrected chi connectivity index (χ3v) is 7.81. The van der Waals surface area contributed by atoms with Gasteiger partial charge in [-0.05, 0) is 47.2 Å². The summed E-state index contributed by atoms with van der Waals surface area (Å²) in [4.78, 5) is 31.2. The lowest BCUT2D eigenvalue weighted by molar-refractivity contribution is 0.0640. The largest absolute Gasteiger partial charge is 0.495 e. The van der Waals surface area contributed by atoms with Crippen LogP contribution in [-0.2, 0) is 16.6 Å². The second-order valence-corrected chi connectivity index (χ2v) is 10.6. The molecular weight excluding hydrogens is 462 g/mol. The molecule has 0 bridgehead atoms. The number of sulfonamides is 1. The number of ether oxygens (including phenoxy) is 1. The molecule has 0 saturated carbocycles. The Morgan fingerprint density at radius 3 is 2.55 bits per heavy atom. The van der Waals surface area contributed by atoms with E-state index in [1.54, 1.807) is 18.2 Å². The Balaban J connectivity index is 1.65. The number of pyridine rings is 1.